The first-order valence-electron chi connectivity index (χ1n) is 7.84. The number of ether oxygens (including phenoxy) is 1. The van der Waals surface area contributed by atoms with Crippen molar-refractivity contribution in [1.82, 2.24) is 0 Å². The summed E-state index contributed by atoms with van der Waals surface area (Å²) in [5.74, 6) is 0.940. The summed E-state index contributed by atoms with van der Waals surface area (Å²) in [5.41, 5.74) is 6.93. The number of hydrogen-bond acceptors (Lipinski definition) is 3. The van der Waals surface area contributed by atoms with Crippen molar-refractivity contribution in [3.63, 3.8) is 0 Å². The normalized spacial score (nSPS) is 12.3. The fraction of sp³-hybridized carbons (Fsp3) is 0.647. The van der Waals surface area contributed by atoms with Crippen molar-refractivity contribution in [3.8, 4) is 5.75 Å². The Morgan fingerprint density at radius 3 is 2.45 bits per heavy atom. The second kappa shape index (κ2) is 10.7. The number of aliphatic hydroxyl groups is 1. The van der Waals surface area contributed by atoms with E-state index in [2.05, 4.69) is 19.1 Å². The molecule has 1 rings (SSSR count). The summed E-state index contributed by atoms with van der Waals surface area (Å²) in [7, 11) is 0. The average Bonchev–Trinajstić information content (AvgIpc) is 2.49. The first-order valence-corrected chi connectivity index (χ1v) is 7.84. The molecular formula is C17H29NO2. The molecule has 0 aliphatic heterocycles. The van der Waals surface area contributed by atoms with Gasteiger partial charge >= 0.3 is 0 Å². The highest BCUT2D eigenvalue weighted by Crippen LogP contribution is 2.14. The van der Waals surface area contributed by atoms with Gasteiger partial charge in [0.2, 0.25) is 0 Å². The maximum Gasteiger partial charge on any atom is 0.119 e. The molecule has 1 atom stereocenters. The predicted octanol–water partition coefficient (Wildman–Crippen LogP) is 3.29. The molecule has 3 N–H and O–H groups in total. The van der Waals surface area contributed by atoms with Gasteiger partial charge in [-0.25, -0.2) is 0 Å². The SMILES string of the molecule is CCCCCCCOc1ccc(CCC(N)CO)cc1. The van der Waals surface area contributed by atoms with Gasteiger partial charge < -0.3 is 15.6 Å². The van der Waals surface area contributed by atoms with Crippen LogP contribution in [0.4, 0.5) is 0 Å². The summed E-state index contributed by atoms with van der Waals surface area (Å²) in [5, 5.41) is 8.89. The molecule has 0 radical (unpaired) electrons. The van der Waals surface area contributed by atoms with Crippen LogP contribution < -0.4 is 10.5 Å². The van der Waals surface area contributed by atoms with E-state index in [9.17, 15) is 0 Å². The van der Waals surface area contributed by atoms with Gasteiger partial charge in [0.05, 0.1) is 13.2 Å². The van der Waals surface area contributed by atoms with Crippen molar-refractivity contribution in [2.24, 2.45) is 5.73 Å². The van der Waals surface area contributed by atoms with Gasteiger partial charge in [0, 0.05) is 6.04 Å². The van der Waals surface area contributed by atoms with Crippen LogP contribution in [-0.2, 0) is 6.42 Å². The van der Waals surface area contributed by atoms with E-state index in [-0.39, 0.29) is 12.6 Å². The molecule has 0 fully saturated rings. The smallest absolute Gasteiger partial charge is 0.119 e. The lowest BCUT2D eigenvalue weighted by atomic mass is 10.1. The highest BCUT2D eigenvalue weighted by molar-refractivity contribution is 5.27. The summed E-state index contributed by atoms with van der Waals surface area (Å²) in [6.45, 7) is 3.09. The van der Waals surface area contributed by atoms with Crippen LogP contribution >= 0.6 is 0 Å². The molecule has 20 heavy (non-hydrogen) atoms. The maximum absolute atomic E-state index is 8.89. The molecule has 0 bridgehead atoms. The zero-order valence-corrected chi connectivity index (χ0v) is 12.7. The van der Waals surface area contributed by atoms with Crippen LogP contribution in [0, 0.1) is 0 Å². The van der Waals surface area contributed by atoms with Gasteiger partial charge in [-0.1, -0.05) is 44.7 Å². The Kier molecular flexibility index (Phi) is 9.09. The molecule has 114 valence electrons. The highest BCUT2D eigenvalue weighted by Gasteiger charge is 2.01. The van der Waals surface area contributed by atoms with Crippen LogP contribution in [0.5, 0.6) is 5.75 Å². The number of benzene rings is 1. The van der Waals surface area contributed by atoms with E-state index in [0.717, 1.165) is 31.6 Å². The van der Waals surface area contributed by atoms with E-state index in [1.165, 1.54) is 31.2 Å². The summed E-state index contributed by atoms with van der Waals surface area (Å²) >= 11 is 0. The van der Waals surface area contributed by atoms with Crippen molar-refractivity contribution in [2.45, 2.75) is 57.9 Å². The third kappa shape index (κ3) is 7.51. The average molecular weight is 279 g/mol. The Morgan fingerprint density at radius 2 is 1.80 bits per heavy atom. The number of aryl methyl sites for hydroxylation is 1. The van der Waals surface area contributed by atoms with Gasteiger partial charge in [-0.3, -0.25) is 0 Å². The summed E-state index contributed by atoms with van der Waals surface area (Å²) in [6, 6.07) is 8.08. The molecule has 1 unspecified atom stereocenters. The number of aliphatic hydroxyl groups excluding tert-OH is 1. The van der Waals surface area contributed by atoms with Crippen molar-refractivity contribution in [2.75, 3.05) is 13.2 Å². The van der Waals surface area contributed by atoms with Crippen LogP contribution in [-0.4, -0.2) is 24.4 Å². The first kappa shape index (κ1) is 17.0. The molecule has 1 aromatic rings. The molecule has 0 amide bonds. The fourth-order valence-corrected chi connectivity index (χ4v) is 2.09. The Labute approximate surface area is 123 Å². The summed E-state index contributed by atoms with van der Waals surface area (Å²) in [4.78, 5) is 0. The van der Waals surface area contributed by atoms with Crippen LogP contribution in [0.3, 0.4) is 0 Å². The molecule has 1 aromatic carbocycles. The van der Waals surface area contributed by atoms with Gasteiger partial charge in [0.25, 0.3) is 0 Å². The van der Waals surface area contributed by atoms with E-state index in [4.69, 9.17) is 15.6 Å². The molecule has 0 saturated carbocycles. The number of hydrogen-bond donors (Lipinski definition) is 2. The van der Waals surface area contributed by atoms with Crippen molar-refractivity contribution >= 4 is 0 Å². The topological polar surface area (TPSA) is 55.5 Å². The van der Waals surface area contributed by atoms with Gasteiger partial charge in [0.15, 0.2) is 0 Å². The number of nitrogens with two attached hydrogens (primary N) is 1. The molecule has 0 spiro atoms. The number of rotatable bonds is 11. The Morgan fingerprint density at radius 1 is 1.10 bits per heavy atom. The van der Waals surface area contributed by atoms with Crippen LogP contribution in [0.2, 0.25) is 0 Å². The summed E-state index contributed by atoms with van der Waals surface area (Å²) < 4.78 is 5.72. The molecule has 0 aromatic heterocycles. The maximum atomic E-state index is 8.89. The Bertz CT molecular complexity index is 337. The lowest BCUT2D eigenvalue weighted by Crippen LogP contribution is -2.24. The van der Waals surface area contributed by atoms with Crippen molar-refractivity contribution in [3.05, 3.63) is 29.8 Å². The minimum absolute atomic E-state index is 0.0548. The van der Waals surface area contributed by atoms with Gasteiger partial charge in [-0.05, 0) is 37.0 Å². The Balaban J connectivity index is 2.18. The second-order valence-corrected chi connectivity index (χ2v) is 5.39. The zero-order chi connectivity index (χ0) is 14.6. The standard InChI is InChI=1S/C17H29NO2/c1-2-3-4-5-6-13-20-17-11-8-15(9-12-17)7-10-16(18)14-19/h8-9,11-12,16,19H,2-7,10,13-14,18H2,1H3. The fourth-order valence-electron chi connectivity index (χ4n) is 2.09. The van der Waals surface area contributed by atoms with E-state index < -0.39 is 0 Å². The van der Waals surface area contributed by atoms with E-state index in [1.54, 1.807) is 0 Å². The molecule has 0 saturated heterocycles. The van der Waals surface area contributed by atoms with Gasteiger partial charge in [0.1, 0.15) is 5.75 Å². The highest BCUT2D eigenvalue weighted by atomic mass is 16.5. The van der Waals surface area contributed by atoms with Gasteiger partial charge in [-0.2, -0.15) is 0 Å². The zero-order valence-electron chi connectivity index (χ0n) is 12.7. The third-order valence-corrected chi connectivity index (χ3v) is 3.48. The quantitative estimate of drug-likeness (QED) is 0.611. The van der Waals surface area contributed by atoms with Crippen molar-refractivity contribution in [1.29, 1.82) is 0 Å². The van der Waals surface area contributed by atoms with E-state index >= 15 is 0 Å². The van der Waals surface area contributed by atoms with Crippen LogP contribution in [0.25, 0.3) is 0 Å². The Hall–Kier alpha value is -1.06. The molecule has 0 heterocycles. The van der Waals surface area contributed by atoms with E-state index in [0.29, 0.717) is 0 Å². The molecule has 0 aliphatic carbocycles. The minimum Gasteiger partial charge on any atom is -0.494 e. The summed E-state index contributed by atoms with van der Waals surface area (Å²) in [6.07, 6.45) is 8.02. The monoisotopic (exact) mass is 279 g/mol. The molecule has 3 nitrogen and oxygen atoms in total. The molecule has 0 aliphatic rings. The molecular weight excluding hydrogens is 250 g/mol. The van der Waals surface area contributed by atoms with Crippen LogP contribution in [0.1, 0.15) is 51.0 Å². The minimum atomic E-state index is -0.117. The van der Waals surface area contributed by atoms with Crippen LogP contribution in [0.15, 0.2) is 24.3 Å². The van der Waals surface area contributed by atoms with Gasteiger partial charge in [-0.15, -0.1) is 0 Å². The second-order valence-electron chi connectivity index (χ2n) is 5.39. The number of unbranched alkanes of at least 4 members (excludes halogenated alkanes) is 4. The molecule has 3 heteroatoms. The van der Waals surface area contributed by atoms with E-state index in [1.807, 2.05) is 12.1 Å². The third-order valence-electron chi connectivity index (χ3n) is 3.48. The van der Waals surface area contributed by atoms with Crippen molar-refractivity contribution < 1.29 is 9.84 Å². The predicted molar refractivity (Wildman–Crippen MR) is 84.1 cm³/mol. The largest absolute Gasteiger partial charge is 0.494 e. The first-order chi connectivity index (χ1) is 9.76. The lowest BCUT2D eigenvalue weighted by Gasteiger charge is -2.09. The lowest BCUT2D eigenvalue weighted by molar-refractivity contribution is 0.260.